The third-order valence-electron chi connectivity index (χ3n) is 5.72. The fourth-order valence-electron chi connectivity index (χ4n) is 4.06. The number of benzene rings is 1. The summed E-state index contributed by atoms with van der Waals surface area (Å²) in [5.41, 5.74) is 2.86. The Hall–Kier alpha value is -2.43. The second-order valence-electron chi connectivity index (χ2n) is 7.32. The van der Waals surface area contributed by atoms with Crippen molar-refractivity contribution in [1.82, 2.24) is 4.98 Å². The molecule has 3 rings (SSSR count). The van der Waals surface area contributed by atoms with Crippen LogP contribution in [0.25, 0.3) is 10.9 Å². The Morgan fingerprint density at radius 2 is 2.16 bits per heavy atom. The van der Waals surface area contributed by atoms with Gasteiger partial charge in [0.05, 0.1) is 0 Å². The molecule has 0 saturated heterocycles. The van der Waals surface area contributed by atoms with Gasteiger partial charge in [-0.1, -0.05) is 37.3 Å². The Morgan fingerprint density at radius 1 is 1.44 bits per heavy atom. The van der Waals surface area contributed by atoms with E-state index in [4.69, 9.17) is 0 Å². The van der Waals surface area contributed by atoms with Crippen LogP contribution in [0.3, 0.4) is 0 Å². The lowest BCUT2D eigenvalue weighted by atomic mass is 9.68. The van der Waals surface area contributed by atoms with E-state index >= 15 is 0 Å². The lowest BCUT2D eigenvalue weighted by Crippen LogP contribution is -2.42. The average Bonchev–Trinajstić information content (AvgIpc) is 2.98. The molecule has 1 saturated carbocycles. The summed E-state index contributed by atoms with van der Waals surface area (Å²) >= 11 is 0. The summed E-state index contributed by atoms with van der Waals surface area (Å²) in [5.74, 6) is -0.364. The lowest BCUT2D eigenvalue weighted by molar-refractivity contribution is -0.534. The van der Waals surface area contributed by atoms with Gasteiger partial charge in [0, 0.05) is 46.7 Å². The van der Waals surface area contributed by atoms with Crippen molar-refractivity contribution in [3.8, 4) is 0 Å². The van der Waals surface area contributed by atoms with Gasteiger partial charge in [0.2, 0.25) is 6.04 Å². The Labute approximate surface area is 147 Å². The number of carbonyl (C=O) groups is 1. The minimum Gasteiger partial charge on any atom is -0.361 e. The van der Waals surface area contributed by atoms with Crippen LogP contribution in [0.4, 0.5) is 0 Å². The monoisotopic (exact) mass is 340 g/mol. The summed E-state index contributed by atoms with van der Waals surface area (Å²) in [5, 5.41) is 12.9. The Bertz CT molecular complexity index is 823. The third kappa shape index (κ3) is 3.36. The number of para-hydroxylation sites is 1. The maximum atomic E-state index is 12.4. The molecule has 25 heavy (non-hydrogen) atoms. The molecule has 1 aliphatic rings. The zero-order valence-electron chi connectivity index (χ0n) is 14.7. The van der Waals surface area contributed by atoms with E-state index in [0.717, 1.165) is 22.0 Å². The number of H-pyrrole nitrogens is 1. The predicted octanol–water partition coefficient (Wildman–Crippen LogP) is 4.16. The van der Waals surface area contributed by atoms with Crippen molar-refractivity contribution in [1.29, 1.82) is 0 Å². The van der Waals surface area contributed by atoms with Gasteiger partial charge in [-0.05, 0) is 30.9 Å². The number of nitrogens with one attached hydrogen (secondary N) is 1. The highest BCUT2D eigenvalue weighted by Gasteiger charge is 2.43. The zero-order valence-corrected chi connectivity index (χ0v) is 14.7. The largest absolute Gasteiger partial charge is 0.361 e. The summed E-state index contributed by atoms with van der Waals surface area (Å²) < 4.78 is 0. The number of aromatic nitrogens is 1. The third-order valence-corrected chi connectivity index (χ3v) is 5.72. The fraction of sp³-hybridized carbons (Fsp3) is 0.450. The standard InChI is InChI=1S/C20H24N2O3/c1-12(2)14-8-17(13(3)20(23)10-14)19(22(24)25)9-15-11-21-18-7-5-4-6-16(15)18/h4-7,11,13-14,17,19,21H,1,8-10H2,2-3H3/t13-,14-,17+,19+/m0/s1. The number of rotatable bonds is 5. The van der Waals surface area contributed by atoms with Gasteiger partial charge in [0.15, 0.2) is 0 Å². The van der Waals surface area contributed by atoms with Crippen LogP contribution in [0.15, 0.2) is 42.6 Å². The minimum atomic E-state index is -0.764. The van der Waals surface area contributed by atoms with Gasteiger partial charge in [-0.3, -0.25) is 14.9 Å². The molecule has 0 spiro atoms. The van der Waals surface area contributed by atoms with Crippen molar-refractivity contribution >= 4 is 16.7 Å². The van der Waals surface area contributed by atoms with Crippen molar-refractivity contribution in [2.24, 2.45) is 17.8 Å². The maximum Gasteiger partial charge on any atom is 0.220 e. The molecular weight excluding hydrogens is 316 g/mol. The Morgan fingerprint density at radius 3 is 2.84 bits per heavy atom. The van der Waals surface area contributed by atoms with Crippen LogP contribution in [0.5, 0.6) is 0 Å². The number of nitrogens with zero attached hydrogens (tertiary/aromatic N) is 1. The van der Waals surface area contributed by atoms with Crippen molar-refractivity contribution in [3.63, 3.8) is 0 Å². The van der Waals surface area contributed by atoms with E-state index in [1.165, 1.54) is 0 Å². The molecule has 1 heterocycles. The Balaban J connectivity index is 1.91. The van der Waals surface area contributed by atoms with E-state index in [1.807, 2.05) is 44.3 Å². The van der Waals surface area contributed by atoms with Crippen LogP contribution in [-0.2, 0) is 11.2 Å². The first kappa shape index (κ1) is 17.4. The second kappa shape index (κ2) is 6.82. The number of carbonyl (C=O) groups excluding carboxylic acids is 1. The first-order chi connectivity index (χ1) is 11.9. The lowest BCUT2D eigenvalue weighted by Gasteiger charge is -2.34. The molecule has 1 fully saturated rings. The maximum absolute atomic E-state index is 12.4. The molecule has 1 N–H and O–H groups in total. The summed E-state index contributed by atoms with van der Waals surface area (Å²) in [6.45, 7) is 7.72. The van der Waals surface area contributed by atoms with Crippen LogP contribution in [-0.4, -0.2) is 21.7 Å². The fourth-order valence-corrected chi connectivity index (χ4v) is 4.06. The quantitative estimate of drug-likeness (QED) is 0.504. The highest BCUT2D eigenvalue weighted by molar-refractivity contribution is 5.83. The number of Topliss-reactive ketones (excluding diaryl/α,β-unsaturated/α-hetero) is 1. The highest BCUT2D eigenvalue weighted by atomic mass is 16.6. The number of allylic oxidation sites excluding steroid dienone is 1. The number of hydrogen-bond donors (Lipinski definition) is 1. The SMILES string of the molecule is C=C(C)[C@@H]1CC(=O)[C@@H](C)[C@H]([C@@H](Cc2c[nH]c3ccccc23)[N+](=O)[O-])C1. The van der Waals surface area contributed by atoms with Crippen molar-refractivity contribution in [2.75, 3.05) is 0 Å². The summed E-state index contributed by atoms with van der Waals surface area (Å²) in [7, 11) is 0. The molecule has 0 radical (unpaired) electrons. The summed E-state index contributed by atoms with van der Waals surface area (Å²) in [6, 6.07) is 7.05. The van der Waals surface area contributed by atoms with Crippen LogP contribution in [0.2, 0.25) is 0 Å². The first-order valence-corrected chi connectivity index (χ1v) is 8.75. The molecule has 5 nitrogen and oxygen atoms in total. The molecule has 1 aromatic carbocycles. The van der Waals surface area contributed by atoms with Gasteiger partial charge < -0.3 is 4.98 Å². The van der Waals surface area contributed by atoms with Crippen LogP contribution in [0, 0.1) is 27.9 Å². The summed E-state index contributed by atoms with van der Waals surface area (Å²) in [6.07, 6.45) is 3.32. The predicted molar refractivity (Wildman–Crippen MR) is 98.0 cm³/mol. The van der Waals surface area contributed by atoms with Crippen molar-refractivity contribution < 1.29 is 9.72 Å². The number of ketones is 1. The first-order valence-electron chi connectivity index (χ1n) is 8.75. The molecule has 2 aromatic rings. The summed E-state index contributed by atoms with van der Waals surface area (Å²) in [4.78, 5) is 27.2. The normalized spacial score (nSPS) is 25.0. The van der Waals surface area contributed by atoms with E-state index in [1.54, 1.807) is 0 Å². The number of fused-ring (bicyclic) bond motifs is 1. The van der Waals surface area contributed by atoms with Gasteiger partial charge in [-0.15, -0.1) is 0 Å². The molecule has 0 aliphatic heterocycles. The van der Waals surface area contributed by atoms with Crippen LogP contribution < -0.4 is 0 Å². The molecule has 0 bridgehead atoms. The van der Waals surface area contributed by atoms with Gasteiger partial charge in [0.1, 0.15) is 5.78 Å². The van der Waals surface area contributed by atoms with E-state index in [0.29, 0.717) is 19.3 Å². The zero-order chi connectivity index (χ0) is 18.1. The number of hydrogen-bond acceptors (Lipinski definition) is 3. The smallest absolute Gasteiger partial charge is 0.220 e. The molecule has 4 atom stereocenters. The molecule has 1 aliphatic carbocycles. The molecule has 5 heteroatoms. The van der Waals surface area contributed by atoms with Gasteiger partial charge >= 0.3 is 0 Å². The molecule has 132 valence electrons. The van der Waals surface area contributed by atoms with Gasteiger partial charge in [-0.25, -0.2) is 0 Å². The molecule has 0 amide bonds. The van der Waals surface area contributed by atoms with E-state index in [2.05, 4.69) is 11.6 Å². The van der Waals surface area contributed by atoms with Gasteiger partial charge in [0.25, 0.3) is 0 Å². The van der Waals surface area contributed by atoms with Crippen LogP contribution >= 0.6 is 0 Å². The molecule has 0 unspecified atom stereocenters. The van der Waals surface area contributed by atoms with E-state index in [-0.39, 0.29) is 28.5 Å². The number of nitro groups is 1. The highest BCUT2D eigenvalue weighted by Crippen LogP contribution is 2.38. The topological polar surface area (TPSA) is 76.0 Å². The second-order valence-corrected chi connectivity index (χ2v) is 7.32. The van der Waals surface area contributed by atoms with E-state index < -0.39 is 6.04 Å². The molecule has 1 aromatic heterocycles. The van der Waals surface area contributed by atoms with E-state index in [9.17, 15) is 14.9 Å². The van der Waals surface area contributed by atoms with Crippen molar-refractivity contribution in [3.05, 3.63) is 58.3 Å². The minimum absolute atomic E-state index is 0.0547. The van der Waals surface area contributed by atoms with Crippen LogP contribution in [0.1, 0.15) is 32.3 Å². The average molecular weight is 340 g/mol. The number of aromatic amines is 1. The molecular formula is C20H24N2O3. The van der Waals surface area contributed by atoms with Crippen molar-refractivity contribution in [2.45, 2.75) is 39.2 Å². The van der Waals surface area contributed by atoms with Gasteiger partial charge in [-0.2, -0.15) is 0 Å². The Kier molecular flexibility index (Phi) is 4.75.